The van der Waals surface area contributed by atoms with Crippen LogP contribution in [-0.4, -0.2) is 27.6 Å². The van der Waals surface area contributed by atoms with E-state index in [1.165, 1.54) is 4.68 Å². The molecule has 31 heavy (non-hydrogen) atoms. The van der Waals surface area contributed by atoms with Gasteiger partial charge in [0.15, 0.2) is 0 Å². The smallest absolute Gasteiger partial charge is 0.274 e. The zero-order valence-corrected chi connectivity index (χ0v) is 18.9. The Labute approximate surface area is 193 Å². The number of aromatic nitrogens is 2. The van der Waals surface area contributed by atoms with Crippen LogP contribution in [0.1, 0.15) is 5.56 Å². The van der Waals surface area contributed by atoms with Gasteiger partial charge in [-0.25, -0.2) is 4.68 Å². The predicted molar refractivity (Wildman–Crippen MR) is 126 cm³/mol. The van der Waals surface area contributed by atoms with Gasteiger partial charge in [0.1, 0.15) is 0 Å². The molecule has 4 rings (SSSR count). The summed E-state index contributed by atoms with van der Waals surface area (Å²) < 4.78 is 7.87. The molecule has 1 heterocycles. The fourth-order valence-electron chi connectivity index (χ4n) is 3.35. The summed E-state index contributed by atoms with van der Waals surface area (Å²) >= 11 is 9.57. The Morgan fingerprint density at radius 3 is 2.42 bits per heavy atom. The van der Waals surface area contributed by atoms with Crippen molar-refractivity contribution in [2.45, 2.75) is 19.3 Å². The lowest BCUT2D eigenvalue weighted by molar-refractivity contribution is 0.0182. The number of hydrogen-bond acceptors (Lipinski definition) is 4. The predicted octanol–water partition coefficient (Wildman–Crippen LogP) is 5.06. The topological polar surface area (TPSA) is 64.4 Å². The molecule has 158 valence electrons. The molecule has 1 N–H and O–H groups in total. The summed E-state index contributed by atoms with van der Waals surface area (Å²) in [4.78, 5) is 13.0. The maximum absolute atomic E-state index is 13.0. The van der Waals surface area contributed by atoms with E-state index in [1.54, 1.807) is 12.1 Å². The summed E-state index contributed by atoms with van der Waals surface area (Å²) in [5, 5.41) is 17.0. The van der Waals surface area contributed by atoms with Crippen molar-refractivity contribution in [2.75, 3.05) is 6.61 Å². The summed E-state index contributed by atoms with van der Waals surface area (Å²) in [5.74, 6) is 0. The first-order chi connectivity index (χ1) is 15.0. The zero-order valence-electron chi connectivity index (χ0n) is 16.5. The molecule has 7 heteroatoms. The second-order valence-corrected chi connectivity index (χ2v) is 8.47. The highest BCUT2D eigenvalue weighted by Crippen LogP contribution is 2.26. The number of hydrogen-bond donors (Lipinski definition) is 1. The van der Waals surface area contributed by atoms with Crippen molar-refractivity contribution in [3.05, 3.63) is 98.2 Å². The molecule has 0 radical (unpaired) electrons. The first-order valence-electron chi connectivity index (χ1n) is 9.78. The molecule has 0 spiro atoms. The van der Waals surface area contributed by atoms with Crippen LogP contribution in [0.3, 0.4) is 0 Å². The normalized spacial score (nSPS) is 12.2. The fourth-order valence-corrected chi connectivity index (χ4v) is 3.81. The van der Waals surface area contributed by atoms with Crippen molar-refractivity contribution >= 4 is 38.3 Å². The van der Waals surface area contributed by atoms with Gasteiger partial charge in [0.05, 0.1) is 36.9 Å². The molecular weight excluding hydrogens is 480 g/mol. The molecule has 0 fully saturated rings. The van der Waals surface area contributed by atoms with Gasteiger partial charge >= 0.3 is 0 Å². The van der Waals surface area contributed by atoms with Crippen molar-refractivity contribution in [1.82, 2.24) is 9.78 Å². The highest BCUT2D eigenvalue weighted by molar-refractivity contribution is 9.10. The van der Waals surface area contributed by atoms with Gasteiger partial charge in [-0.3, -0.25) is 4.79 Å². The quantitative estimate of drug-likeness (QED) is 0.386. The average Bonchev–Trinajstić information content (AvgIpc) is 2.78. The minimum atomic E-state index is -0.897. The SMILES string of the molecule is O=c1c2ccccc2c(-c2ccc(Br)cc2)nn1CC(O)COCc1ccccc1Cl. The molecule has 1 unspecified atom stereocenters. The number of ether oxygens (including phenoxy) is 1. The number of nitrogens with zero attached hydrogens (tertiary/aromatic N) is 2. The molecule has 0 saturated carbocycles. The van der Waals surface area contributed by atoms with Crippen LogP contribution in [0.5, 0.6) is 0 Å². The molecule has 0 aliphatic heterocycles. The van der Waals surface area contributed by atoms with Gasteiger partial charge in [0.25, 0.3) is 5.56 Å². The average molecular weight is 500 g/mol. The van der Waals surface area contributed by atoms with E-state index in [0.29, 0.717) is 16.1 Å². The van der Waals surface area contributed by atoms with Crippen molar-refractivity contribution in [1.29, 1.82) is 0 Å². The van der Waals surface area contributed by atoms with Crippen LogP contribution in [0.15, 0.2) is 82.1 Å². The third-order valence-electron chi connectivity index (χ3n) is 4.89. The summed E-state index contributed by atoms with van der Waals surface area (Å²) in [7, 11) is 0. The van der Waals surface area contributed by atoms with Crippen LogP contribution >= 0.6 is 27.5 Å². The zero-order chi connectivity index (χ0) is 21.8. The summed E-state index contributed by atoms with van der Waals surface area (Å²) in [6.07, 6.45) is -0.897. The highest BCUT2D eigenvalue weighted by atomic mass is 79.9. The van der Waals surface area contributed by atoms with Gasteiger partial charge in [-0.05, 0) is 29.8 Å². The third kappa shape index (κ3) is 5.05. The lowest BCUT2D eigenvalue weighted by atomic mass is 10.1. The Hall–Kier alpha value is -2.51. The van der Waals surface area contributed by atoms with Crippen LogP contribution in [0.2, 0.25) is 5.02 Å². The van der Waals surface area contributed by atoms with E-state index in [1.807, 2.05) is 60.7 Å². The van der Waals surface area contributed by atoms with Crippen LogP contribution < -0.4 is 5.56 Å². The van der Waals surface area contributed by atoms with E-state index < -0.39 is 6.10 Å². The Balaban J connectivity index is 1.57. The Morgan fingerprint density at radius 2 is 1.68 bits per heavy atom. The largest absolute Gasteiger partial charge is 0.389 e. The Morgan fingerprint density at radius 1 is 1.00 bits per heavy atom. The highest BCUT2D eigenvalue weighted by Gasteiger charge is 2.15. The van der Waals surface area contributed by atoms with E-state index in [-0.39, 0.29) is 25.3 Å². The van der Waals surface area contributed by atoms with Gasteiger partial charge in [-0.15, -0.1) is 0 Å². The molecule has 0 bridgehead atoms. The number of fused-ring (bicyclic) bond motifs is 1. The third-order valence-corrected chi connectivity index (χ3v) is 5.79. The van der Waals surface area contributed by atoms with E-state index in [9.17, 15) is 9.90 Å². The van der Waals surface area contributed by atoms with E-state index in [0.717, 1.165) is 21.0 Å². The summed E-state index contributed by atoms with van der Waals surface area (Å²) in [6, 6.07) is 22.5. The van der Waals surface area contributed by atoms with Gasteiger partial charge in [-0.1, -0.05) is 76.1 Å². The van der Waals surface area contributed by atoms with Crippen molar-refractivity contribution in [2.24, 2.45) is 0 Å². The Bertz CT molecular complexity index is 1260. The lowest BCUT2D eigenvalue weighted by Gasteiger charge is -2.15. The van der Waals surface area contributed by atoms with Gasteiger partial charge < -0.3 is 9.84 Å². The maximum Gasteiger partial charge on any atom is 0.274 e. The number of rotatable bonds is 7. The molecule has 1 atom stereocenters. The summed E-state index contributed by atoms with van der Waals surface area (Å²) in [6.45, 7) is 0.358. The van der Waals surface area contributed by atoms with Gasteiger partial charge in [-0.2, -0.15) is 5.10 Å². The molecule has 0 aliphatic carbocycles. The molecule has 0 saturated heterocycles. The van der Waals surface area contributed by atoms with Crippen LogP contribution in [-0.2, 0) is 17.9 Å². The molecule has 3 aromatic carbocycles. The molecule has 0 aliphatic rings. The second kappa shape index (κ2) is 9.75. The van der Waals surface area contributed by atoms with Gasteiger partial charge in [0.2, 0.25) is 0 Å². The molecule has 5 nitrogen and oxygen atoms in total. The molecule has 0 amide bonds. The van der Waals surface area contributed by atoms with Crippen LogP contribution in [0, 0.1) is 0 Å². The number of benzene rings is 3. The first kappa shape index (κ1) is 21.7. The minimum Gasteiger partial charge on any atom is -0.389 e. The number of aliphatic hydroxyl groups excluding tert-OH is 1. The molecular formula is C24H20BrClN2O3. The second-order valence-electron chi connectivity index (χ2n) is 7.15. The minimum absolute atomic E-state index is 0.0235. The fraction of sp³-hybridized carbons (Fsp3) is 0.167. The number of aliphatic hydroxyl groups is 1. The maximum atomic E-state index is 13.0. The van der Waals surface area contributed by atoms with E-state index in [4.69, 9.17) is 16.3 Å². The van der Waals surface area contributed by atoms with Crippen molar-refractivity contribution in [3.8, 4) is 11.3 Å². The summed E-state index contributed by atoms with van der Waals surface area (Å²) in [5.41, 5.74) is 2.17. The number of halogens is 2. The van der Waals surface area contributed by atoms with E-state index in [2.05, 4.69) is 21.0 Å². The Kier molecular flexibility index (Phi) is 6.83. The molecule has 1 aromatic heterocycles. The lowest BCUT2D eigenvalue weighted by Crippen LogP contribution is -2.31. The van der Waals surface area contributed by atoms with Gasteiger partial charge in [0, 0.05) is 20.4 Å². The standard InChI is InChI=1S/C24H20BrClN2O3/c25-18-11-9-16(10-12-18)23-20-6-2-3-7-21(20)24(30)28(27-23)13-19(29)15-31-14-17-5-1-4-8-22(17)26/h1-12,19,29H,13-15H2. The monoisotopic (exact) mass is 498 g/mol. The first-order valence-corrected chi connectivity index (χ1v) is 10.9. The molecule has 4 aromatic rings. The van der Waals surface area contributed by atoms with Crippen molar-refractivity contribution < 1.29 is 9.84 Å². The van der Waals surface area contributed by atoms with Crippen molar-refractivity contribution in [3.63, 3.8) is 0 Å². The van der Waals surface area contributed by atoms with E-state index >= 15 is 0 Å². The van der Waals surface area contributed by atoms with Crippen LogP contribution in [0.25, 0.3) is 22.0 Å². The van der Waals surface area contributed by atoms with Crippen LogP contribution in [0.4, 0.5) is 0 Å².